The van der Waals surface area contributed by atoms with Gasteiger partial charge < -0.3 is 9.80 Å². The van der Waals surface area contributed by atoms with Gasteiger partial charge in [0.25, 0.3) is 0 Å². The largest absolute Gasteiger partial charge is 0.330 e. The molecule has 1 atom stereocenters. The predicted molar refractivity (Wildman–Crippen MR) is 103 cm³/mol. The molecule has 1 aromatic heterocycles. The highest BCUT2D eigenvalue weighted by Gasteiger charge is 2.33. The highest BCUT2D eigenvalue weighted by Crippen LogP contribution is 2.23. The summed E-state index contributed by atoms with van der Waals surface area (Å²) in [5.74, 6) is -0.256. The van der Waals surface area contributed by atoms with Gasteiger partial charge in [0.15, 0.2) is 0 Å². The minimum Gasteiger partial charge on any atom is -0.330 e. The van der Waals surface area contributed by atoms with Gasteiger partial charge >= 0.3 is 0 Å². The van der Waals surface area contributed by atoms with E-state index in [1.165, 1.54) is 11.0 Å². The lowest BCUT2D eigenvalue weighted by molar-refractivity contribution is -0.135. The molecule has 1 unspecified atom stereocenters. The Morgan fingerprint density at radius 3 is 2.73 bits per heavy atom. The molecule has 1 saturated heterocycles. The number of aromatic nitrogens is 1. The first-order chi connectivity index (χ1) is 12.6. The molecule has 0 spiro atoms. The number of carbonyl (C=O) groups is 2. The molecular formula is C20H20ClN3O2. The Morgan fingerprint density at radius 1 is 1.27 bits per heavy atom. The van der Waals surface area contributed by atoms with Gasteiger partial charge in [-0.05, 0) is 42.7 Å². The lowest BCUT2D eigenvalue weighted by atomic mass is 10.0. The zero-order valence-electron chi connectivity index (χ0n) is 14.5. The number of likely N-dealkylation sites (N-methyl/N-ethyl adjacent to an activating group) is 1. The summed E-state index contributed by atoms with van der Waals surface area (Å²) in [4.78, 5) is 32.6. The van der Waals surface area contributed by atoms with Gasteiger partial charge in [-0.25, -0.2) is 4.98 Å². The van der Waals surface area contributed by atoms with Crippen LogP contribution >= 0.6 is 11.6 Å². The highest BCUT2D eigenvalue weighted by atomic mass is 35.5. The molecule has 0 N–H and O–H groups in total. The summed E-state index contributed by atoms with van der Waals surface area (Å²) < 4.78 is 0. The van der Waals surface area contributed by atoms with E-state index in [4.69, 9.17) is 11.6 Å². The van der Waals surface area contributed by atoms with Crippen LogP contribution in [-0.2, 0) is 9.59 Å². The molecule has 1 aromatic carbocycles. The second kappa shape index (κ2) is 8.15. The molecule has 2 heterocycles. The SMILES string of the molecule is CN(C(=O)C=Cc1ccc(Cl)nc1)C1CCCN(c2ccccc2)C1=O. The minimum atomic E-state index is -0.454. The van der Waals surface area contributed by atoms with Crippen LogP contribution in [0.4, 0.5) is 5.69 Å². The number of rotatable bonds is 4. The number of hydrogen-bond donors (Lipinski definition) is 0. The second-order valence-electron chi connectivity index (χ2n) is 6.18. The van der Waals surface area contributed by atoms with Gasteiger partial charge in [0, 0.05) is 31.6 Å². The first-order valence-electron chi connectivity index (χ1n) is 8.49. The van der Waals surface area contributed by atoms with E-state index in [0.717, 1.165) is 17.7 Å². The highest BCUT2D eigenvalue weighted by molar-refractivity contribution is 6.29. The molecule has 1 aliphatic heterocycles. The molecule has 5 nitrogen and oxygen atoms in total. The van der Waals surface area contributed by atoms with E-state index in [1.807, 2.05) is 30.3 Å². The Labute approximate surface area is 157 Å². The number of benzene rings is 1. The summed E-state index contributed by atoms with van der Waals surface area (Å²) in [7, 11) is 1.67. The molecular weight excluding hydrogens is 350 g/mol. The number of para-hydroxylation sites is 1. The molecule has 26 heavy (non-hydrogen) atoms. The standard InChI is InChI=1S/C20H20ClN3O2/c1-23(19(25)12-10-15-9-11-18(21)22-14-15)17-8-5-13-24(20(17)26)16-6-3-2-4-7-16/h2-4,6-7,9-12,14,17H,5,8,13H2,1H3. The van der Waals surface area contributed by atoms with Crippen LogP contribution in [0.1, 0.15) is 18.4 Å². The van der Waals surface area contributed by atoms with Crippen molar-refractivity contribution in [2.75, 3.05) is 18.5 Å². The van der Waals surface area contributed by atoms with Crippen molar-refractivity contribution < 1.29 is 9.59 Å². The number of pyridine rings is 1. The molecule has 1 fully saturated rings. The zero-order chi connectivity index (χ0) is 18.5. The van der Waals surface area contributed by atoms with E-state index < -0.39 is 6.04 Å². The molecule has 2 aromatic rings. The van der Waals surface area contributed by atoms with Crippen molar-refractivity contribution in [3.63, 3.8) is 0 Å². The van der Waals surface area contributed by atoms with Crippen LogP contribution in [0.25, 0.3) is 6.08 Å². The molecule has 6 heteroatoms. The number of piperidine rings is 1. The third-order valence-corrected chi connectivity index (χ3v) is 4.69. The maximum atomic E-state index is 12.9. The zero-order valence-corrected chi connectivity index (χ0v) is 15.3. The van der Waals surface area contributed by atoms with E-state index in [9.17, 15) is 9.59 Å². The first kappa shape index (κ1) is 18.1. The smallest absolute Gasteiger partial charge is 0.249 e. The Hall–Kier alpha value is -2.66. The Kier molecular flexibility index (Phi) is 5.68. The molecule has 0 radical (unpaired) electrons. The predicted octanol–water partition coefficient (Wildman–Crippen LogP) is 3.40. The van der Waals surface area contributed by atoms with Gasteiger partial charge in [0.2, 0.25) is 11.8 Å². The normalized spacial score (nSPS) is 17.5. The van der Waals surface area contributed by atoms with Crippen molar-refractivity contribution in [1.29, 1.82) is 0 Å². The molecule has 0 aliphatic carbocycles. The van der Waals surface area contributed by atoms with Gasteiger partial charge in [-0.1, -0.05) is 35.9 Å². The average molecular weight is 370 g/mol. The summed E-state index contributed by atoms with van der Waals surface area (Å²) >= 11 is 5.75. The number of nitrogens with zero attached hydrogens (tertiary/aromatic N) is 3. The van der Waals surface area contributed by atoms with E-state index in [2.05, 4.69) is 4.98 Å². The van der Waals surface area contributed by atoms with Gasteiger partial charge in [0.1, 0.15) is 11.2 Å². The van der Waals surface area contributed by atoms with E-state index in [0.29, 0.717) is 18.1 Å². The molecule has 2 amide bonds. The van der Waals surface area contributed by atoms with E-state index in [1.54, 1.807) is 36.4 Å². The van der Waals surface area contributed by atoms with Gasteiger partial charge in [0.05, 0.1) is 0 Å². The number of hydrogen-bond acceptors (Lipinski definition) is 3. The van der Waals surface area contributed by atoms with Crippen LogP contribution in [0.2, 0.25) is 5.15 Å². The second-order valence-corrected chi connectivity index (χ2v) is 6.57. The quantitative estimate of drug-likeness (QED) is 0.613. The summed E-state index contributed by atoms with van der Waals surface area (Å²) in [6.45, 7) is 0.674. The third kappa shape index (κ3) is 4.11. The van der Waals surface area contributed by atoms with Crippen molar-refractivity contribution in [2.24, 2.45) is 0 Å². The van der Waals surface area contributed by atoms with Gasteiger partial charge in [-0.3, -0.25) is 9.59 Å². The van der Waals surface area contributed by atoms with Crippen molar-refractivity contribution >= 4 is 35.2 Å². The van der Waals surface area contributed by atoms with E-state index >= 15 is 0 Å². The van der Waals surface area contributed by atoms with Crippen LogP contribution < -0.4 is 4.90 Å². The molecule has 1 aliphatic rings. The van der Waals surface area contributed by atoms with Crippen molar-refractivity contribution in [3.8, 4) is 0 Å². The minimum absolute atomic E-state index is 0.0418. The fraction of sp³-hybridized carbons (Fsp3) is 0.250. The summed E-state index contributed by atoms with van der Waals surface area (Å²) in [6, 6.07) is 12.5. The summed E-state index contributed by atoms with van der Waals surface area (Å²) in [5, 5.41) is 0.402. The Balaban J connectivity index is 1.69. The van der Waals surface area contributed by atoms with Gasteiger partial charge in [-0.2, -0.15) is 0 Å². The third-order valence-electron chi connectivity index (χ3n) is 4.46. The van der Waals surface area contributed by atoms with Crippen LogP contribution in [-0.4, -0.2) is 41.3 Å². The van der Waals surface area contributed by atoms with Crippen molar-refractivity contribution in [1.82, 2.24) is 9.88 Å². The van der Waals surface area contributed by atoms with Crippen molar-refractivity contribution in [3.05, 3.63) is 65.5 Å². The molecule has 0 bridgehead atoms. The fourth-order valence-corrected chi connectivity index (χ4v) is 3.12. The van der Waals surface area contributed by atoms with Crippen LogP contribution in [0.5, 0.6) is 0 Å². The van der Waals surface area contributed by atoms with Gasteiger partial charge in [-0.15, -0.1) is 0 Å². The van der Waals surface area contributed by atoms with E-state index in [-0.39, 0.29) is 11.8 Å². The topological polar surface area (TPSA) is 53.5 Å². The molecule has 0 saturated carbocycles. The first-order valence-corrected chi connectivity index (χ1v) is 8.87. The average Bonchev–Trinajstić information content (AvgIpc) is 2.67. The maximum absolute atomic E-state index is 12.9. The van der Waals surface area contributed by atoms with Crippen molar-refractivity contribution in [2.45, 2.75) is 18.9 Å². The lowest BCUT2D eigenvalue weighted by Gasteiger charge is -2.36. The fourth-order valence-electron chi connectivity index (χ4n) is 3.00. The van der Waals surface area contributed by atoms with Crippen LogP contribution in [0.3, 0.4) is 0 Å². The van der Waals surface area contributed by atoms with Crippen LogP contribution in [0.15, 0.2) is 54.7 Å². The Morgan fingerprint density at radius 2 is 2.04 bits per heavy atom. The molecule has 3 rings (SSSR count). The van der Waals surface area contributed by atoms with Crippen LogP contribution in [0, 0.1) is 0 Å². The summed E-state index contributed by atoms with van der Waals surface area (Å²) in [5.41, 5.74) is 1.64. The summed E-state index contributed by atoms with van der Waals surface area (Å²) in [6.07, 6.45) is 6.24. The molecule has 134 valence electrons. The Bertz CT molecular complexity index is 806. The number of carbonyl (C=O) groups excluding carboxylic acids is 2. The maximum Gasteiger partial charge on any atom is 0.249 e. The monoisotopic (exact) mass is 369 g/mol. The number of anilines is 1. The number of halogens is 1. The number of amides is 2. The lowest BCUT2D eigenvalue weighted by Crippen LogP contribution is -2.52.